The number of rotatable bonds is 6. The lowest BCUT2D eigenvalue weighted by Crippen LogP contribution is -2.23. The van der Waals surface area contributed by atoms with Gasteiger partial charge < -0.3 is 10.1 Å². The molecule has 0 radical (unpaired) electrons. The van der Waals surface area contributed by atoms with Crippen LogP contribution in [0.4, 0.5) is 5.69 Å². The molecule has 0 saturated carbocycles. The summed E-state index contributed by atoms with van der Waals surface area (Å²) in [6.07, 6.45) is 5.34. The van der Waals surface area contributed by atoms with Crippen molar-refractivity contribution in [1.82, 2.24) is 9.55 Å². The summed E-state index contributed by atoms with van der Waals surface area (Å²) in [6, 6.07) is 13.3. The van der Waals surface area contributed by atoms with Gasteiger partial charge >= 0.3 is 0 Å². The minimum Gasteiger partial charge on any atom is -0.497 e. The number of thiophene rings is 1. The molecule has 0 fully saturated rings. The molecule has 0 atom stereocenters. The van der Waals surface area contributed by atoms with Crippen LogP contribution in [0.5, 0.6) is 5.75 Å². The highest BCUT2D eigenvalue weighted by Gasteiger charge is 2.23. The number of nitrogens with one attached hydrogen (secondary N) is 1. The Labute approximate surface area is 218 Å². The number of amides is 1. The second-order valence-corrected chi connectivity index (χ2v) is 11.2. The molecule has 4 aromatic rings. The molecule has 2 heterocycles. The van der Waals surface area contributed by atoms with Crippen LogP contribution in [0, 0.1) is 13.8 Å². The van der Waals surface area contributed by atoms with E-state index in [4.69, 9.17) is 9.72 Å². The van der Waals surface area contributed by atoms with Crippen LogP contribution < -0.4 is 15.6 Å². The van der Waals surface area contributed by atoms with E-state index in [0.29, 0.717) is 16.6 Å². The molecular weight excluding hydrogens is 490 g/mol. The summed E-state index contributed by atoms with van der Waals surface area (Å²) >= 11 is 2.92. The van der Waals surface area contributed by atoms with Gasteiger partial charge in [-0.3, -0.25) is 14.2 Å². The largest absolute Gasteiger partial charge is 0.497 e. The van der Waals surface area contributed by atoms with Gasteiger partial charge in [-0.15, -0.1) is 11.3 Å². The predicted molar refractivity (Wildman–Crippen MR) is 148 cm³/mol. The second kappa shape index (κ2) is 10.5. The number of ether oxygens (including phenoxy) is 1. The standard InChI is InChI=1S/C28H29N3O3S2/c1-17-9-14-22(18(2)15-17)29-24(32)16-35-28-30-26-25(21-7-5-4-6-8-23(21)36-26)27(33)31(28)19-10-12-20(34-3)13-11-19/h9-15H,4-8,16H2,1-3H3,(H,29,32). The molecule has 1 aliphatic rings. The van der Waals surface area contributed by atoms with E-state index in [0.717, 1.165) is 58.3 Å². The molecule has 2 aromatic heterocycles. The molecule has 5 rings (SSSR count). The van der Waals surface area contributed by atoms with E-state index in [1.807, 2.05) is 56.3 Å². The molecule has 0 unspecified atom stereocenters. The van der Waals surface area contributed by atoms with E-state index in [1.54, 1.807) is 23.0 Å². The summed E-state index contributed by atoms with van der Waals surface area (Å²) in [7, 11) is 1.62. The molecular formula is C28H29N3O3S2. The first-order chi connectivity index (χ1) is 17.4. The molecule has 8 heteroatoms. The average molecular weight is 520 g/mol. The summed E-state index contributed by atoms with van der Waals surface area (Å²) in [5, 5.41) is 4.24. The van der Waals surface area contributed by atoms with Crippen molar-refractivity contribution >= 4 is 44.9 Å². The van der Waals surface area contributed by atoms with Crippen molar-refractivity contribution in [1.29, 1.82) is 0 Å². The highest BCUT2D eigenvalue weighted by atomic mass is 32.2. The van der Waals surface area contributed by atoms with E-state index in [1.165, 1.54) is 23.1 Å². The number of carbonyl (C=O) groups excluding carboxylic acids is 1. The topological polar surface area (TPSA) is 73.2 Å². The van der Waals surface area contributed by atoms with Crippen LogP contribution in [0.1, 0.15) is 40.8 Å². The van der Waals surface area contributed by atoms with Crippen molar-refractivity contribution in [3.8, 4) is 11.4 Å². The third-order valence-electron chi connectivity index (χ3n) is 6.53. The number of methoxy groups -OCH3 is 1. The van der Waals surface area contributed by atoms with Crippen molar-refractivity contribution < 1.29 is 9.53 Å². The Balaban J connectivity index is 1.52. The van der Waals surface area contributed by atoms with Crippen LogP contribution in [-0.2, 0) is 17.6 Å². The zero-order valence-electron chi connectivity index (χ0n) is 20.7. The minimum atomic E-state index is -0.135. The van der Waals surface area contributed by atoms with Gasteiger partial charge in [0.1, 0.15) is 10.6 Å². The number of hydrogen-bond acceptors (Lipinski definition) is 6. The normalized spacial score (nSPS) is 13.3. The summed E-state index contributed by atoms with van der Waals surface area (Å²) in [6.45, 7) is 4.01. The number of fused-ring (bicyclic) bond motifs is 3. The maximum Gasteiger partial charge on any atom is 0.267 e. The van der Waals surface area contributed by atoms with Gasteiger partial charge in [-0.25, -0.2) is 4.98 Å². The van der Waals surface area contributed by atoms with Gasteiger partial charge in [0.2, 0.25) is 5.91 Å². The van der Waals surface area contributed by atoms with Crippen LogP contribution in [0.25, 0.3) is 15.9 Å². The third-order valence-corrected chi connectivity index (χ3v) is 8.65. The van der Waals surface area contributed by atoms with Crippen LogP contribution in [0.15, 0.2) is 52.4 Å². The Bertz CT molecular complexity index is 1490. The van der Waals surface area contributed by atoms with Crippen LogP contribution in [-0.4, -0.2) is 28.3 Å². The Morgan fingerprint density at radius 1 is 1.11 bits per heavy atom. The molecule has 0 bridgehead atoms. The van der Waals surface area contributed by atoms with Gasteiger partial charge in [-0.2, -0.15) is 0 Å². The highest BCUT2D eigenvalue weighted by molar-refractivity contribution is 7.99. The van der Waals surface area contributed by atoms with E-state index in [-0.39, 0.29) is 17.2 Å². The Hall–Kier alpha value is -3.10. The molecule has 0 saturated heterocycles. The molecule has 1 N–H and O–H groups in total. The van der Waals surface area contributed by atoms with E-state index in [2.05, 4.69) is 5.32 Å². The van der Waals surface area contributed by atoms with Crippen molar-refractivity contribution in [3.63, 3.8) is 0 Å². The van der Waals surface area contributed by atoms with Gasteiger partial charge in [0.05, 0.1) is 23.9 Å². The Morgan fingerprint density at radius 3 is 2.64 bits per heavy atom. The number of thioether (sulfide) groups is 1. The zero-order valence-corrected chi connectivity index (χ0v) is 22.4. The monoisotopic (exact) mass is 519 g/mol. The van der Waals surface area contributed by atoms with Crippen molar-refractivity contribution in [2.24, 2.45) is 0 Å². The van der Waals surface area contributed by atoms with Crippen LogP contribution >= 0.6 is 23.1 Å². The zero-order chi connectivity index (χ0) is 25.2. The van der Waals surface area contributed by atoms with Crippen molar-refractivity contribution in [2.75, 3.05) is 18.2 Å². The van der Waals surface area contributed by atoms with Crippen molar-refractivity contribution in [2.45, 2.75) is 51.1 Å². The fourth-order valence-electron chi connectivity index (χ4n) is 4.69. The van der Waals surface area contributed by atoms with Crippen molar-refractivity contribution in [3.05, 3.63) is 74.4 Å². The molecule has 6 nitrogen and oxygen atoms in total. The van der Waals surface area contributed by atoms with E-state index >= 15 is 0 Å². The molecule has 2 aromatic carbocycles. The number of aryl methyl sites for hydroxylation is 4. The first kappa shape index (κ1) is 24.6. The van der Waals surface area contributed by atoms with E-state index < -0.39 is 0 Å². The van der Waals surface area contributed by atoms with Gasteiger partial charge in [0.15, 0.2) is 5.16 Å². The lowest BCUT2D eigenvalue weighted by Gasteiger charge is -2.13. The summed E-state index contributed by atoms with van der Waals surface area (Å²) in [5.41, 5.74) is 4.77. The van der Waals surface area contributed by atoms with Gasteiger partial charge in [-0.1, -0.05) is 35.9 Å². The molecule has 186 valence electrons. The molecule has 36 heavy (non-hydrogen) atoms. The molecule has 1 aliphatic carbocycles. The number of aromatic nitrogens is 2. The lowest BCUT2D eigenvalue weighted by atomic mass is 10.1. The summed E-state index contributed by atoms with van der Waals surface area (Å²) in [5.74, 6) is 0.726. The number of anilines is 1. The molecule has 0 aliphatic heterocycles. The first-order valence-electron chi connectivity index (χ1n) is 12.2. The summed E-state index contributed by atoms with van der Waals surface area (Å²) in [4.78, 5) is 33.8. The van der Waals surface area contributed by atoms with Crippen LogP contribution in [0.3, 0.4) is 0 Å². The highest BCUT2D eigenvalue weighted by Crippen LogP contribution is 2.35. The SMILES string of the molecule is COc1ccc(-n2c(SCC(=O)Nc3ccc(C)cc3C)nc3sc4c(c3c2=O)CCCCC4)cc1. The van der Waals surface area contributed by atoms with Gasteiger partial charge in [0, 0.05) is 10.6 Å². The van der Waals surface area contributed by atoms with Gasteiger partial charge in [0.25, 0.3) is 5.56 Å². The smallest absolute Gasteiger partial charge is 0.267 e. The Kier molecular flexibility index (Phi) is 7.16. The summed E-state index contributed by atoms with van der Waals surface area (Å²) < 4.78 is 6.95. The lowest BCUT2D eigenvalue weighted by molar-refractivity contribution is -0.113. The maximum absolute atomic E-state index is 13.9. The fraction of sp³-hybridized carbons (Fsp3) is 0.321. The number of carbonyl (C=O) groups is 1. The maximum atomic E-state index is 13.9. The second-order valence-electron chi connectivity index (χ2n) is 9.13. The fourth-order valence-corrected chi connectivity index (χ4v) is 6.80. The third kappa shape index (κ3) is 4.92. The number of hydrogen-bond donors (Lipinski definition) is 1. The first-order valence-corrected chi connectivity index (χ1v) is 14.0. The molecule has 1 amide bonds. The Morgan fingerprint density at radius 2 is 1.89 bits per heavy atom. The number of benzene rings is 2. The predicted octanol–water partition coefficient (Wildman–Crippen LogP) is 6.07. The van der Waals surface area contributed by atoms with E-state index in [9.17, 15) is 9.59 Å². The quantitative estimate of drug-likeness (QED) is 0.190. The number of nitrogens with zero attached hydrogens (tertiary/aromatic N) is 2. The van der Waals surface area contributed by atoms with Gasteiger partial charge in [-0.05, 0) is 81.0 Å². The average Bonchev–Trinajstić information content (AvgIpc) is 3.06. The minimum absolute atomic E-state index is 0.0677. The van der Waals surface area contributed by atoms with Crippen LogP contribution in [0.2, 0.25) is 0 Å². The molecule has 0 spiro atoms.